The molecule has 0 spiro atoms. The molecule has 0 fully saturated rings. The van der Waals surface area contributed by atoms with Gasteiger partial charge in [0.1, 0.15) is 0 Å². The molecule has 2 rings (SSSR count). The normalized spacial score (nSPS) is 9.91. The van der Waals surface area contributed by atoms with E-state index in [4.69, 9.17) is 0 Å². The number of halogens is 1. The van der Waals surface area contributed by atoms with Crippen LogP contribution in [0.5, 0.6) is 0 Å². The topological polar surface area (TPSA) is 70.2 Å². The van der Waals surface area contributed by atoms with Gasteiger partial charge in [-0.3, -0.25) is 9.59 Å². The predicted molar refractivity (Wildman–Crippen MR) is 91.1 cm³/mol. The van der Waals surface area contributed by atoms with Crippen LogP contribution in [0.3, 0.4) is 0 Å². The largest absolute Gasteiger partial charge is 0.376 e. The first kappa shape index (κ1) is 16.0. The van der Waals surface area contributed by atoms with Gasteiger partial charge in [-0.05, 0) is 36.4 Å². The third-order valence-electron chi connectivity index (χ3n) is 2.91. The number of carbonyl (C=O) groups is 2. The molecular formula is C16H16BrN3O2. The standard InChI is InChI=1S/C16H16BrN3O2/c1-18-16(22)11-4-2-6-13(8-11)19-10-15(21)20-14-7-3-5-12(17)9-14/h2-9,19H,10H2,1H3,(H,18,22)(H,20,21). The zero-order valence-electron chi connectivity index (χ0n) is 12.0. The van der Waals surface area contributed by atoms with E-state index >= 15 is 0 Å². The minimum Gasteiger partial charge on any atom is -0.376 e. The lowest BCUT2D eigenvalue weighted by atomic mass is 10.2. The Balaban J connectivity index is 1.92. The van der Waals surface area contributed by atoms with E-state index in [2.05, 4.69) is 31.9 Å². The van der Waals surface area contributed by atoms with Crippen molar-refractivity contribution in [2.45, 2.75) is 0 Å². The molecule has 2 amide bonds. The smallest absolute Gasteiger partial charge is 0.251 e. The number of benzene rings is 2. The number of rotatable bonds is 5. The number of carbonyl (C=O) groups excluding carboxylic acids is 2. The second-order valence-corrected chi connectivity index (χ2v) is 5.49. The molecule has 0 aliphatic carbocycles. The van der Waals surface area contributed by atoms with Gasteiger partial charge in [0.05, 0.1) is 6.54 Å². The van der Waals surface area contributed by atoms with Crippen molar-refractivity contribution in [3.8, 4) is 0 Å². The summed E-state index contributed by atoms with van der Waals surface area (Å²) in [7, 11) is 1.58. The van der Waals surface area contributed by atoms with Crippen molar-refractivity contribution in [2.24, 2.45) is 0 Å². The van der Waals surface area contributed by atoms with Crippen molar-refractivity contribution in [3.63, 3.8) is 0 Å². The molecule has 2 aromatic rings. The molecule has 0 aliphatic rings. The van der Waals surface area contributed by atoms with Gasteiger partial charge in [0.2, 0.25) is 5.91 Å². The van der Waals surface area contributed by atoms with Crippen LogP contribution < -0.4 is 16.0 Å². The van der Waals surface area contributed by atoms with E-state index in [-0.39, 0.29) is 18.4 Å². The summed E-state index contributed by atoms with van der Waals surface area (Å²) < 4.78 is 0.900. The molecule has 5 nitrogen and oxygen atoms in total. The molecule has 0 saturated carbocycles. The van der Waals surface area contributed by atoms with Crippen molar-refractivity contribution in [2.75, 3.05) is 24.2 Å². The van der Waals surface area contributed by atoms with E-state index < -0.39 is 0 Å². The van der Waals surface area contributed by atoms with Crippen molar-refractivity contribution in [3.05, 3.63) is 58.6 Å². The van der Waals surface area contributed by atoms with Gasteiger partial charge in [0.15, 0.2) is 0 Å². The molecule has 0 aliphatic heterocycles. The Morgan fingerprint density at radius 3 is 2.50 bits per heavy atom. The molecule has 114 valence electrons. The lowest BCUT2D eigenvalue weighted by Crippen LogP contribution is -2.22. The van der Waals surface area contributed by atoms with Gasteiger partial charge in [-0.15, -0.1) is 0 Å². The Kier molecular flexibility index (Phi) is 5.55. The molecule has 3 N–H and O–H groups in total. The molecule has 0 saturated heterocycles. The summed E-state index contributed by atoms with van der Waals surface area (Å²) in [5.41, 5.74) is 1.98. The van der Waals surface area contributed by atoms with Gasteiger partial charge in [0.25, 0.3) is 5.91 Å². The Hall–Kier alpha value is -2.34. The van der Waals surface area contributed by atoms with Gasteiger partial charge in [-0.1, -0.05) is 28.1 Å². The first-order valence-electron chi connectivity index (χ1n) is 6.70. The quantitative estimate of drug-likeness (QED) is 0.766. The van der Waals surface area contributed by atoms with E-state index in [1.54, 1.807) is 31.3 Å². The molecular weight excluding hydrogens is 346 g/mol. The Morgan fingerprint density at radius 1 is 1.05 bits per heavy atom. The average molecular weight is 362 g/mol. The fraction of sp³-hybridized carbons (Fsp3) is 0.125. The summed E-state index contributed by atoms with van der Waals surface area (Å²) in [6.45, 7) is 0.115. The molecule has 0 heterocycles. The van der Waals surface area contributed by atoms with Crippen molar-refractivity contribution in [1.29, 1.82) is 0 Å². The second-order valence-electron chi connectivity index (χ2n) is 4.57. The lowest BCUT2D eigenvalue weighted by molar-refractivity contribution is -0.114. The van der Waals surface area contributed by atoms with Gasteiger partial charge < -0.3 is 16.0 Å². The fourth-order valence-electron chi connectivity index (χ4n) is 1.87. The van der Waals surface area contributed by atoms with E-state index in [1.165, 1.54) is 0 Å². The lowest BCUT2D eigenvalue weighted by Gasteiger charge is -2.09. The zero-order valence-corrected chi connectivity index (χ0v) is 13.6. The van der Waals surface area contributed by atoms with E-state index in [0.717, 1.165) is 10.2 Å². The van der Waals surface area contributed by atoms with Crippen LogP contribution in [-0.4, -0.2) is 25.4 Å². The van der Waals surface area contributed by atoms with Crippen LogP contribution in [0, 0.1) is 0 Å². The first-order chi connectivity index (χ1) is 10.6. The van der Waals surface area contributed by atoms with Crippen LogP contribution in [0.15, 0.2) is 53.0 Å². The maximum absolute atomic E-state index is 11.9. The molecule has 0 unspecified atom stereocenters. The van der Waals surface area contributed by atoms with E-state index in [1.807, 2.05) is 24.3 Å². The number of hydrogen-bond acceptors (Lipinski definition) is 3. The monoisotopic (exact) mass is 361 g/mol. The van der Waals surface area contributed by atoms with Gasteiger partial charge in [-0.25, -0.2) is 0 Å². The summed E-state index contributed by atoms with van der Waals surface area (Å²) in [5.74, 6) is -0.328. The van der Waals surface area contributed by atoms with Crippen LogP contribution in [0.1, 0.15) is 10.4 Å². The van der Waals surface area contributed by atoms with Crippen molar-refractivity contribution < 1.29 is 9.59 Å². The zero-order chi connectivity index (χ0) is 15.9. The van der Waals surface area contributed by atoms with Crippen molar-refractivity contribution >= 4 is 39.1 Å². The Morgan fingerprint density at radius 2 is 1.77 bits per heavy atom. The van der Waals surface area contributed by atoms with Crippen LogP contribution in [0.4, 0.5) is 11.4 Å². The maximum Gasteiger partial charge on any atom is 0.251 e. The first-order valence-corrected chi connectivity index (χ1v) is 7.49. The second kappa shape index (κ2) is 7.61. The minimum atomic E-state index is -0.165. The Bertz CT molecular complexity index is 689. The summed E-state index contributed by atoms with van der Waals surface area (Å²) >= 11 is 3.35. The van der Waals surface area contributed by atoms with Crippen LogP contribution >= 0.6 is 15.9 Å². The molecule has 6 heteroatoms. The highest BCUT2D eigenvalue weighted by molar-refractivity contribution is 9.10. The summed E-state index contributed by atoms with van der Waals surface area (Å²) in [4.78, 5) is 23.5. The summed E-state index contributed by atoms with van der Waals surface area (Å²) in [5, 5.41) is 8.35. The van der Waals surface area contributed by atoms with Crippen LogP contribution in [-0.2, 0) is 4.79 Å². The van der Waals surface area contributed by atoms with Crippen molar-refractivity contribution in [1.82, 2.24) is 5.32 Å². The number of amides is 2. The number of nitrogens with one attached hydrogen (secondary N) is 3. The third kappa shape index (κ3) is 4.60. The summed E-state index contributed by atoms with van der Waals surface area (Å²) in [6, 6.07) is 14.4. The average Bonchev–Trinajstić information content (AvgIpc) is 2.52. The highest BCUT2D eigenvalue weighted by atomic mass is 79.9. The van der Waals surface area contributed by atoms with Crippen LogP contribution in [0.25, 0.3) is 0 Å². The minimum absolute atomic E-state index is 0.115. The van der Waals surface area contributed by atoms with E-state index in [9.17, 15) is 9.59 Å². The van der Waals surface area contributed by atoms with E-state index in [0.29, 0.717) is 11.3 Å². The SMILES string of the molecule is CNC(=O)c1cccc(NCC(=O)Nc2cccc(Br)c2)c1. The third-order valence-corrected chi connectivity index (χ3v) is 3.41. The highest BCUT2D eigenvalue weighted by Gasteiger charge is 2.05. The van der Waals surface area contributed by atoms with Gasteiger partial charge >= 0.3 is 0 Å². The molecule has 0 bridgehead atoms. The molecule has 0 atom stereocenters. The van der Waals surface area contributed by atoms with Crippen LogP contribution in [0.2, 0.25) is 0 Å². The molecule has 0 aromatic heterocycles. The molecule has 22 heavy (non-hydrogen) atoms. The summed E-state index contributed by atoms with van der Waals surface area (Å²) in [6.07, 6.45) is 0. The molecule has 0 radical (unpaired) electrons. The molecule has 2 aromatic carbocycles. The van der Waals surface area contributed by atoms with Gasteiger partial charge in [-0.2, -0.15) is 0 Å². The van der Waals surface area contributed by atoms with Gasteiger partial charge in [0, 0.05) is 28.5 Å². The fourth-order valence-corrected chi connectivity index (χ4v) is 2.27. The maximum atomic E-state index is 11.9. The number of hydrogen-bond donors (Lipinski definition) is 3. The Labute approximate surface area is 137 Å². The number of anilines is 2. The highest BCUT2D eigenvalue weighted by Crippen LogP contribution is 2.15. The predicted octanol–water partition coefficient (Wildman–Crippen LogP) is 2.86.